The molecule has 1 aliphatic rings. The van der Waals surface area contributed by atoms with E-state index in [1.165, 1.54) is 17.7 Å². The average molecular weight is 355 g/mol. The monoisotopic (exact) mass is 355 g/mol. The second-order valence-electron chi connectivity index (χ2n) is 6.90. The van der Waals surface area contributed by atoms with E-state index in [1.807, 2.05) is 11.0 Å². The van der Waals surface area contributed by atoms with Crippen LogP contribution in [-0.2, 0) is 6.42 Å². The Kier molecular flexibility index (Phi) is 6.23. The highest BCUT2D eigenvalue weighted by molar-refractivity contribution is 5.89. The van der Waals surface area contributed by atoms with Gasteiger partial charge in [-0.1, -0.05) is 36.4 Å². The predicted molar refractivity (Wildman–Crippen MR) is 103 cm³/mol. The van der Waals surface area contributed by atoms with Crippen LogP contribution in [-0.4, -0.2) is 48.6 Å². The van der Waals surface area contributed by atoms with Crippen molar-refractivity contribution in [3.8, 4) is 0 Å². The van der Waals surface area contributed by atoms with Crippen LogP contribution in [0.2, 0.25) is 0 Å². The Labute approximate surface area is 154 Å². The SMILES string of the molecule is CN(CCc1ccccc1)C1CCCN(C(=O)Nc2cccc(F)c2)C1. The molecule has 1 saturated heterocycles. The van der Waals surface area contributed by atoms with Gasteiger partial charge in [0.25, 0.3) is 0 Å². The van der Waals surface area contributed by atoms with Gasteiger partial charge < -0.3 is 15.1 Å². The van der Waals surface area contributed by atoms with Crippen molar-refractivity contribution in [3.05, 3.63) is 66.0 Å². The smallest absolute Gasteiger partial charge is 0.321 e. The van der Waals surface area contributed by atoms with Crippen molar-refractivity contribution in [2.24, 2.45) is 0 Å². The summed E-state index contributed by atoms with van der Waals surface area (Å²) in [6, 6.07) is 16.7. The first kappa shape index (κ1) is 18.4. The van der Waals surface area contributed by atoms with Gasteiger partial charge in [0.05, 0.1) is 0 Å². The number of hydrogen-bond donors (Lipinski definition) is 1. The second kappa shape index (κ2) is 8.81. The number of nitrogens with zero attached hydrogens (tertiary/aromatic N) is 2. The minimum atomic E-state index is -0.347. The molecule has 1 heterocycles. The molecule has 1 aliphatic heterocycles. The standard InChI is InChI=1S/C21H26FN3O/c1-24(14-12-17-7-3-2-4-8-17)20-11-6-13-25(16-20)21(26)23-19-10-5-9-18(22)15-19/h2-5,7-10,15,20H,6,11-14,16H2,1H3,(H,23,26). The van der Waals surface area contributed by atoms with Crippen molar-refractivity contribution in [2.75, 3.05) is 32.0 Å². The number of likely N-dealkylation sites (tertiary alicyclic amines) is 1. The maximum atomic E-state index is 13.3. The van der Waals surface area contributed by atoms with Crippen LogP contribution in [0, 0.1) is 5.82 Å². The van der Waals surface area contributed by atoms with E-state index < -0.39 is 0 Å². The molecule has 0 spiro atoms. The molecule has 2 amide bonds. The summed E-state index contributed by atoms with van der Waals surface area (Å²) in [7, 11) is 2.13. The molecule has 4 nitrogen and oxygen atoms in total. The van der Waals surface area contributed by atoms with Gasteiger partial charge in [0.15, 0.2) is 0 Å². The van der Waals surface area contributed by atoms with Crippen molar-refractivity contribution >= 4 is 11.7 Å². The molecule has 1 unspecified atom stereocenters. The van der Waals surface area contributed by atoms with Crippen LogP contribution in [0.15, 0.2) is 54.6 Å². The molecule has 0 bridgehead atoms. The molecule has 3 rings (SSSR count). The summed E-state index contributed by atoms with van der Waals surface area (Å²) in [6.07, 6.45) is 3.08. The van der Waals surface area contributed by atoms with Gasteiger partial charge in [-0.15, -0.1) is 0 Å². The number of hydrogen-bond acceptors (Lipinski definition) is 2. The van der Waals surface area contributed by atoms with E-state index in [2.05, 4.69) is 41.5 Å². The number of nitrogens with one attached hydrogen (secondary N) is 1. The van der Waals surface area contributed by atoms with Crippen LogP contribution in [0.5, 0.6) is 0 Å². The van der Waals surface area contributed by atoms with Crippen LogP contribution in [0.25, 0.3) is 0 Å². The quantitative estimate of drug-likeness (QED) is 0.880. The van der Waals surface area contributed by atoms with Gasteiger partial charge in [-0.2, -0.15) is 0 Å². The number of halogens is 1. The highest BCUT2D eigenvalue weighted by atomic mass is 19.1. The fourth-order valence-corrected chi connectivity index (χ4v) is 3.40. The van der Waals surface area contributed by atoms with Gasteiger partial charge in [-0.05, 0) is 50.1 Å². The summed E-state index contributed by atoms with van der Waals surface area (Å²) in [6.45, 7) is 2.41. The normalized spacial score (nSPS) is 17.3. The molecule has 2 aromatic rings. The van der Waals surface area contributed by atoms with Gasteiger partial charge in [0.1, 0.15) is 5.82 Å². The Morgan fingerprint density at radius 3 is 2.81 bits per heavy atom. The lowest BCUT2D eigenvalue weighted by molar-refractivity contribution is 0.133. The van der Waals surface area contributed by atoms with Crippen molar-refractivity contribution in [1.29, 1.82) is 0 Å². The number of urea groups is 1. The highest BCUT2D eigenvalue weighted by Crippen LogP contribution is 2.17. The van der Waals surface area contributed by atoms with E-state index in [4.69, 9.17) is 0 Å². The summed E-state index contributed by atoms with van der Waals surface area (Å²) in [5.74, 6) is -0.347. The molecule has 0 radical (unpaired) electrons. The topological polar surface area (TPSA) is 35.6 Å². The Morgan fingerprint density at radius 1 is 1.23 bits per heavy atom. The minimum Gasteiger partial charge on any atom is -0.323 e. The number of carbonyl (C=O) groups excluding carboxylic acids is 1. The summed E-state index contributed by atoms with van der Waals surface area (Å²) < 4.78 is 13.3. The van der Waals surface area contributed by atoms with Crippen LogP contribution < -0.4 is 5.32 Å². The zero-order chi connectivity index (χ0) is 18.4. The summed E-state index contributed by atoms with van der Waals surface area (Å²) >= 11 is 0. The van der Waals surface area contributed by atoms with E-state index in [1.54, 1.807) is 12.1 Å². The van der Waals surface area contributed by atoms with Crippen molar-refractivity contribution in [3.63, 3.8) is 0 Å². The minimum absolute atomic E-state index is 0.156. The molecular weight excluding hydrogens is 329 g/mol. The number of amides is 2. The Balaban J connectivity index is 1.52. The largest absolute Gasteiger partial charge is 0.323 e. The van der Waals surface area contributed by atoms with Crippen LogP contribution >= 0.6 is 0 Å². The van der Waals surface area contributed by atoms with Gasteiger partial charge in [-0.3, -0.25) is 0 Å². The lowest BCUT2D eigenvalue weighted by atomic mass is 10.0. The Bertz CT molecular complexity index is 722. The van der Waals surface area contributed by atoms with Crippen LogP contribution in [0.4, 0.5) is 14.9 Å². The predicted octanol–water partition coefficient (Wildman–Crippen LogP) is 4.00. The number of anilines is 1. The summed E-state index contributed by atoms with van der Waals surface area (Å²) in [5, 5.41) is 2.80. The van der Waals surface area contributed by atoms with Gasteiger partial charge >= 0.3 is 6.03 Å². The fourth-order valence-electron chi connectivity index (χ4n) is 3.40. The van der Waals surface area contributed by atoms with E-state index in [9.17, 15) is 9.18 Å². The third-order valence-corrected chi connectivity index (χ3v) is 4.98. The maximum absolute atomic E-state index is 13.3. The number of rotatable bonds is 5. The zero-order valence-electron chi connectivity index (χ0n) is 15.2. The van der Waals surface area contributed by atoms with Crippen molar-refractivity contribution in [1.82, 2.24) is 9.80 Å². The molecule has 26 heavy (non-hydrogen) atoms. The van der Waals surface area contributed by atoms with Crippen LogP contribution in [0.3, 0.4) is 0 Å². The second-order valence-corrected chi connectivity index (χ2v) is 6.90. The number of likely N-dealkylation sites (N-methyl/N-ethyl adjacent to an activating group) is 1. The highest BCUT2D eigenvalue weighted by Gasteiger charge is 2.26. The number of carbonyl (C=O) groups is 1. The Hall–Kier alpha value is -2.40. The molecule has 1 N–H and O–H groups in total. The molecule has 2 aromatic carbocycles. The van der Waals surface area contributed by atoms with E-state index in [0.29, 0.717) is 18.3 Å². The fraction of sp³-hybridized carbons (Fsp3) is 0.381. The van der Waals surface area contributed by atoms with Crippen molar-refractivity contribution in [2.45, 2.75) is 25.3 Å². The van der Waals surface area contributed by atoms with Crippen LogP contribution in [0.1, 0.15) is 18.4 Å². The first-order valence-corrected chi connectivity index (χ1v) is 9.17. The molecule has 138 valence electrons. The maximum Gasteiger partial charge on any atom is 0.321 e. The average Bonchev–Trinajstić information content (AvgIpc) is 2.67. The molecule has 1 atom stereocenters. The zero-order valence-corrected chi connectivity index (χ0v) is 15.2. The summed E-state index contributed by atoms with van der Waals surface area (Å²) in [5.41, 5.74) is 1.82. The third kappa shape index (κ3) is 5.05. The van der Waals surface area contributed by atoms with E-state index in [0.717, 1.165) is 32.4 Å². The number of piperidine rings is 1. The third-order valence-electron chi connectivity index (χ3n) is 4.98. The summed E-state index contributed by atoms with van der Waals surface area (Å²) in [4.78, 5) is 16.7. The molecule has 1 fully saturated rings. The molecule has 0 saturated carbocycles. The van der Waals surface area contributed by atoms with E-state index >= 15 is 0 Å². The first-order valence-electron chi connectivity index (χ1n) is 9.17. The first-order chi connectivity index (χ1) is 12.6. The molecule has 5 heteroatoms. The molecular formula is C21H26FN3O. The van der Waals surface area contributed by atoms with Gasteiger partial charge in [0.2, 0.25) is 0 Å². The Morgan fingerprint density at radius 2 is 2.04 bits per heavy atom. The molecule has 0 aromatic heterocycles. The van der Waals surface area contributed by atoms with Crippen molar-refractivity contribution < 1.29 is 9.18 Å². The molecule has 0 aliphatic carbocycles. The lowest BCUT2D eigenvalue weighted by Gasteiger charge is -2.37. The van der Waals surface area contributed by atoms with Gasteiger partial charge in [-0.25, -0.2) is 9.18 Å². The number of benzene rings is 2. The lowest BCUT2D eigenvalue weighted by Crippen LogP contribution is -2.50. The van der Waals surface area contributed by atoms with Gasteiger partial charge in [0, 0.05) is 31.4 Å². The van der Waals surface area contributed by atoms with E-state index in [-0.39, 0.29) is 11.8 Å².